The molecule has 0 saturated carbocycles. The molecule has 0 heterocycles. The minimum atomic E-state index is -0.266. The normalized spacial score (nSPS) is 10.7. The molecule has 0 aliphatic rings. The Hall–Kier alpha value is -2.92. The van der Waals surface area contributed by atoms with E-state index in [-0.39, 0.29) is 11.6 Å². The Bertz CT molecular complexity index is 880. The molecule has 0 aliphatic carbocycles. The van der Waals surface area contributed by atoms with Crippen LogP contribution in [0.3, 0.4) is 0 Å². The number of halogens is 2. The van der Waals surface area contributed by atoms with Gasteiger partial charge in [0.1, 0.15) is 18.2 Å². The number of ether oxygens (including phenoxy) is 2. The lowest BCUT2D eigenvalue weighted by Crippen LogP contribution is -2.16. The Balaban J connectivity index is 1.50. The van der Waals surface area contributed by atoms with Crippen LogP contribution < -0.4 is 14.8 Å². The molecule has 0 spiro atoms. The van der Waals surface area contributed by atoms with E-state index in [4.69, 9.17) is 9.47 Å². The zero-order valence-corrected chi connectivity index (χ0v) is 15.8. The summed E-state index contributed by atoms with van der Waals surface area (Å²) in [5.41, 5.74) is 3.05. The second kappa shape index (κ2) is 9.85. The van der Waals surface area contributed by atoms with E-state index >= 15 is 0 Å². The van der Waals surface area contributed by atoms with Crippen LogP contribution in [0, 0.1) is 11.6 Å². The van der Waals surface area contributed by atoms with Gasteiger partial charge in [-0.2, -0.15) is 0 Å². The van der Waals surface area contributed by atoms with E-state index in [0.717, 1.165) is 29.7 Å². The molecule has 146 valence electrons. The van der Waals surface area contributed by atoms with Crippen molar-refractivity contribution >= 4 is 0 Å². The topological polar surface area (TPSA) is 30.5 Å². The van der Waals surface area contributed by atoms with E-state index in [9.17, 15) is 8.78 Å². The fourth-order valence-corrected chi connectivity index (χ4v) is 2.80. The van der Waals surface area contributed by atoms with Crippen molar-refractivity contribution in [3.63, 3.8) is 0 Å². The van der Waals surface area contributed by atoms with Crippen molar-refractivity contribution in [3.05, 3.63) is 95.1 Å². The molecule has 1 N–H and O–H groups in total. The van der Waals surface area contributed by atoms with Crippen molar-refractivity contribution < 1.29 is 18.3 Å². The molecule has 5 heteroatoms. The molecule has 0 unspecified atom stereocenters. The Morgan fingerprint density at radius 2 is 1.36 bits per heavy atom. The molecule has 0 amide bonds. The number of rotatable bonds is 9. The van der Waals surface area contributed by atoms with Crippen molar-refractivity contribution in [1.29, 1.82) is 0 Å². The fourth-order valence-electron chi connectivity index (χ4n) is 2.80. The molecule has 3 nitrogen and oxygen atoms in total. The van der Waals surface area contributed by atoms with Gasteiger partial charge in [-0.1, -0.05) is 30.3 Å². The summed E-state index contributed by atoms with van der Waals surface area (Å²) in [7, 11) is 1.60. The first-order valence-electron chi connectivity index (χ1n) is 9.13. The standard InChI is InChI=1S/C23H23F2NO2/c1-27-23-14-19(15-26-13-12-17-2-7-20(24)8-3-17)6-11-22(23)28-16-18-4-9-21(25)10-5-18/h2-11,14,26H,12-13,15-16H2,1H3. The van der Waals surface area contributed by atoms with Gasteiger partial charge in [-0.25, -0.2) is 8.78 Å². The van der Waals surface area contributed by atoms with Crippen LogP contribution in [0.2, 0.25) is 0 Å². The molecule has 0 aromatic heterocycles. The minimum Gasteiger partial charge on any atom is -0.493 e. The molecular formula is C23H23F2NO2. The maximum absolute atomic E-state index is 13.0. The van der Waals surface area contributed by atoms with Crippen LogP contribution in [-0.4, -0.2) is 13.7 Å². The molecule has 28 heavy (non-hydrogen) atoms. The van der Waals surface area contributed by atoms with Gasteiger partial charge in [-0.15, -0.1) is 0 Å². The predicted molar refractivity (Wildman–Crippen MR) is 106 cm³/mol. The summed E-state index contributed by atoms with van der Waals surface area (Å²) in [6.45, 7) is 1.82. The third-order valence-corrected chi connectivity index (χ3v) is 4.37. The van der Waals surface area contributed by atoms with Crippen molar-refractivity contribution in [2.75, 3.05) is 13.7 Å². The molecular weight excluding hydrogens is 360 g/mol. The van der Waals surface area contributed by atoms with E-state index in [2.05, 4.69) is 5.32 Å². The highest BCUT2D eigenvalue weighted by molar-refractivity contribution is 5.43. The summed E-state index contributed by atoms with van der Waals surface area (Å²) in [4.78, 5) is 0. The Labute approximate surface area is 163 Å². The monoisotopic (exact) mass is 383 g/mol. The van der Waals surface area contributed by atoms with Gasteiger partial charge in [0, 0.05) is 6.54 Å². The van der Waals surface area contributed by atoms with Crippen LogP contribution in [0.15, 0.2) is 66.7 Å². The molecule has 3 rings (SSSR count). The van der Waals surface area contributed by atoms with E-state index in [0.29, 0.717) is 24.7 Å². The lowest BCUT2D eigenvalue weighted by Gasteiger charge is -2.13. The van der Waals surface area contributed by atoms with E-state index in [1.165, 1.54) is 24.3 Å². The summed E-state index contributed by atoms with van der Waals surface area (Å²) >= 11 is 0. The predicted octanol–water partition coefficient (Wildman–Crippen LogP) is 4.88. The number of hydrogen-bond donors (Lipinski definition) is 1. The number of nitrogens with one attached hydrogen (secondary N) is 1. The SMILES string of the molecule is COc1cc(CNCCc2ccc(F)cc2)ccc1OCc1ccc(F)cc1. The van der Waals surface area contributed by atoms with Crippen molar-refractivity contribution in [2.24, 2.45) is 0 Å². The van der Waals surface area contributed by atoms with E-state index in [1.54, 1.807) is 31.4 Å². The van der Waals surface area contributed by atoms with Crippen LogP contribution in [0.1, 0.15) is 16.7 Å². The van der Waals surface area contributed by atoms with Gasteiger partial charge in [-0.05, 0) is 66.1 Å². The first kappa shape index (κ1) is 19.8. The quantitative estimate of drug-likeness (QED) is 0.534. The maximum Gasteiger partial charge on any atom is 0.161 e. The Kier molecular flexibility index (Phi) is 6.98. The Morgan fingerprint density at radius 1 is 0.750 bits per heavy atom. The largest absolute Gasteiger partial charge is 0.493 e. The molecule has 3 aromatic rings. The van der Waals surface area contributed by atoms with Crippen molar-refractivity contribution in [1.82, 2.24) is 5.32 Å². The third kappa shape index (κ3) is 5.79. The second-order valence-electron chi connectivity index (χ2n) is 6.45. The van der Waals surface area contributed by atoms with E-state index in [1.807, 2.05) is 18.2 Å². The van der Waals surface area contributed by atoms with Gasteiger partial charge in [0.2, 0.25) is 0 Å². The molecule has 3 aromatic carbocycles. The highest BCUT2D eigenvalue weighted by Crippen LogP contribution is 2.28. The van der Waals surface area contributed by atoms with Crippen LogP contribution >= 0.6 is 0 Å². The lowest BCUT2D eigenvalue weighted by molar-refractivity contribution is 0.284. The van der Waals surface area contributed by atoms with Crippen LogP contribution in [0.5, 0.6) is 11.5 Å². The van der Waals surface area contributed by atoms with Gasteiger partial charge in [-0.3, -0.25) is 0 Å². The summed E-state index contributed by atoms with van der Waals surface area (Å²) in [5.74, 6) is 0.810. The first-order chi connectivity index (χ1) is 13.6. The minimum absolute atomic E-state index is 0.217. The lowest BCUT2D eigenvalue weighted by atomic mass is 10.1. The molecule has 0 bridgehead atoms. The summed E-state index contributed by atoms with van der Waals surface area (Å²) < 4.78 is 37.1. The van der Waals surface area contributed by atoms with Crippen molar-refractivity contribution in [2.45, 2.75) is 19.6 Å². The van der Waals surface area contributed by atoms with E-state index < -0.39 is 0 Å². The number of hydrogen-bond acceptors (Lipinski definition) is 3. The van der Waals surface area contributed by atoms with Gasteiger partial charge in [0.15, 0.2) is 11.5 Å². The molecule has 0 fully saturated rings. The highest BCUT2D eigenvalue weighted by Gasteiger charge is 2.07. The zero-order chi connectivity index (χ0) is 19.8. The molecule has 0 atom stereocenters. The zero-order valence-electron chi connectivity index (χ0n) is 15.8. The number of methoxy groups -OCH3 is 1. The molecule has 0 radical (unpaired) electrons. The summed E-state index contributed by atoms with van der Waals surface area (Å²) in [6, 6.07) is 18.6. The van der Waals surface area contributed by atoms with Gasteiger partial charge >= 0.3 is 0 Å². The third-order valence-electron chi connectivity index (χ3n) is 4.37. The maximum atomic E-state index is 13.0. The summed E-state index contributed by atoms with van der Waals surface area (Å²) in [6.07, 6.45) is 0.830. The van der Waals surface area contributed by atoms with Crippen molar-refractivity contribution in [3.8, 4) is 11.5 Å². The average molecular weight is 383 g/mol. The van der Waals surface area contributed by atoms with Gasteiger partial charge in [0.05, 0.1) is 7.11 Å². The number of benzene rings is 3. The van der Waals surface area contributed by atoms with Crippen LogP contribution in [0.4, 0.5) is 8.78 Å². The first-order valence-corrected chi connectivity index (χ1v) is 9.13. The average Bonchev–Trinajstić information content (AvgIpc) is 2.72. The van der Waals surface area contributed by atoms with Gasteiger partial charge < -0.3 is 14.8 Å². The van der Waals surface area contributed by atoms with Crippen LogP contribution in [0.25, 0.3) is 0 Å². The molecule has 0 aliphatic heterocycles. The highest BCUT2D eigenvalue weighted by atomic mass is 19.1. The Morgan fingerprint density at radius 3 is 2.00 bits per heavy atom. The summed E-state index contributed by atoms with van der Waals surface area (Å²) in [5, 5.41) is 3.37. The van der Waals surface area contributed by atoms with Crippen LogP contribution in [-0.2, 0) is 19.6 Å². The fraction of sp³-hybridized carbons (Fsp3) is 0.217. The smallest absolute Gasteiger partial charge is 0.161 e. The second-order valence-corrected chi connectivity index (χ2v) is 6.45. The van der Waals surface area contributed by atoms with Gasteiger partial charge in [0.25, 0.3) is 0 Å². The molecule has 0 saturated heterocycles.